The maximum Gasteiger partial charge on any atom is 0.233 e. The topological polar surface area (TPSA) is 75.7 Å². The van der Waals surface area contributed by atoms with Crippen LogP contribution in [0.25, 0.3) is 0 Å². The highest BCUT2D eigenvalue weighted by atomic mass is 16.5. The monoisotopic (exact) mass is 342 g/mol. The minimum atomic E-state index is -0.252. The lowest BCUT2D eigenvalue weighted by molar-refractivity contribution is -0.140. The predicted octanol–water partition coefficient (Wildman–Crippen LogP) is 2.28. The van der Waals surface area contributed by atoms with Crippen LogP contribution < -0.4 is 10.1 Å². The Bertz CT molecular complexity index is 715. The first-order chi connectivity index (χ1) is 12.0. The molecule has 0 saturated carbocycles. The molecule has 1 aliphatic carbocycles. The first-order valence-corrected chi connectivity index (χ1v) is 8.46. The van der Waals surface area contributed by atoms with Crippen molar-refractivity contribution in [3.05, 3.63) is 35.9 Å². The quantitative estimate of drug-likeness (QED) is 0.658. The summed E-state index contributed by atoms with van der Waals surface area (Å²) in [7, 11) is 1.54. The van der Waals surface area contributed by atoms with E-state index in [4.69, 9.17) is 4.74 Å². The number of hydrogen-bond donors (Lipinski definition) is 1. The Kier molecular flexibility index (Phi) is 4.88. The zero-order chi connectivity index (χ0) is 18.0. The molecule has 3 amide bonds. The molecule has 132 valence electrons. The van der Waals surface area contributed by atoms with Gasteiger partial charge in [-0.25, -0.2) is 0 Å². The number of amides is 3. The first kappa shape index (κ1) is 17.2. The van der Waals surface area contributed by atoms with Crippen LogP contribution in [0.3, 0.4) is 0 Å². The van der Waals surface area contributed by atoms with Gasteiger partial charge >= 0.3 is 0 Å². The van der Waals surface area contributed by atoms with Crippen molar-refractivity contribution in [3.8, 4) is 5.75 Å². The summed E-state index contributed by atoms with van der Waals surface area (Å²) in [5.41, 5.74) is 1.59. The Labute approximate surface area is 146 Å². The molecule has 6 nitrogen and oxygen atoms in total. The van der Waals surface area contributed by atoms with Gasteiger partial charge in [0.2, 0.25) is 17.7 Å². The van der Waals surface area contributed by atoms with Crippen LogP contribution in [0.1, 0.15) is 24.8 Å². The van der Waals surface area contributed by atoms with E-state index in [9.17, 15) is 14.4 Å². The molecule has 0 spiro atoms. The van der Waals surface area contributed by atoms with Gasteiger partial charge in [0.05, 0.1) is 24.6 Å². The van der Waals surface area contributed by atoms with Crippen LogP contribution in [0.2, 0.25) is 0 Å². The van der Waals surface area contributed by atoms with Crippen LogP contribution in [-0.2, 0) is 14.4 Å². The summed E-state index contributed by atoms with van der Waals surface area (Å²) in [6.07, 6.45) is 5.19. The van der Waals surface area contributed by atoms with Crippen LogP contribution in [0.15, 0.2) is 30.4 Å². The lowest BCUT2D eigenvalue weighted by Gasteiger charge is -2.15. The fourth-order valence-corrected chi connectivity index (χ4v) is 3.43. The summed E-state index contributed by atoms with van der Waals surface area (Å²) in [4.78, 5) is 38.3. The Hall–Kier alpha value is -2.63. The molecular weight excluding hydrogens is 320 g/mol. The normalized spacial score (nSPS) is 22.1. The van der Waals surface area contributed by atoms with E-state index < -0.39 is 0 Å². The highest BCUT2D eigenvalue weighted by Gasteiger charge is 2.46. The van der Waals surface area contributed by atoms with Gasteiger partial charge in [-0.15, -0.1) is 0 Å². The van der Waals surface area contributed by atoms with Crippen molar-refractivity contribution in [3.63, 3.8) is 0 Å². The fourth-order valence-electron chi connectivity index (χ4n) is 3.43. The van der Waals surface area contributed by atoms with E-state index in [1.54, 1.807) is 6.07 Å². The molecule has 1 fully saturated rings. The molecule has 3 rings (SSSR count). The molecule has 1 heterocycles. The number of nitrogens with zero attached hydrogens (tertiary/aromatic N) is 1. The Morgan fingerprint density at radius 1 is 1.20 bits per heavy atom. The zero-order valence-electron chi connectivity index (χ0n) is 14.5. The third-order valence-electron chi connectivity index (χ3n) is 4.79. The van der Waals surface area contributed by atoms with Crippen LogP contribution >= 0.6 is 0 Å². The van der Waals surface area contributed by atoms with Gasteiger partial charge in [-0.1, -0.05) is 18.2 Å². The molecule has 0 bridgehead atoms. The number of ether oxygens (including phenoxy) is 1. The largest absolute Gasteiger partial charge is 0.495 e. The summed E-state index contributed by atoms with van der Waals surface area (Å²) in [5, 5.41) is 2.79. The van der Waals surface area contributed by atoms with Crippen LogP contribution in [-0.4, -0.2) is 36.3 Å². The number of methoxy groups -OCH3 is 1. The van der Waals surface area contributed by atoms with Crippen molar-refractivity contribution in [2.24, 2.45) is 11.8 Å². The first-order valence-electron chi connectivity index (χ1n) is 8.46. The Morgan fingerprint density at radius 2 is 1.84 bits per heavy atom. The molecule has 1 aromatic rings. The van der Waals surface area contributed by atoms with Gasteiger partial charge in [-0.2, -0.15) is 0 Å². The summed E-state index contributed by atoms with van der Waals surface area (Å²) >= 11 is 0. The van der Waals surface area contributed by atoms with Crippen molar-refractivity contribution in [2.45, 2.75) is 26.2 Å². The van der Waals surface area contributed by atoms with E-state index in [0.717, 1.165) is 5.56 Å². The number of likely N-dealkylation sites (tertiary alicyclic amines) is 1. The summed E-state index contributed by atoms with van der Waals surface area (Å²) in [5.74, 6) is -0.489. The van der Waals surface area contributed by atoms with Crippen molar-refractivity contribution in [1.29, 1.82) is 0 Å². The van der Waals surface area contributed by atoms with Crippen molar-refractivity contribution in [1.82, 2.24) is 4.90 Å². The average Bonchev–Trinajstić information content (AvgIpc) is 2.85. The molecule has 1 saturated heterocycles. The van der Waals surface area contributed by atoms with Gasteiger partial charge in [-0.05, 0) is 37.5 Å². The van der Waals surface area contributed by atoms with Gasteiger partial charge in [0.1, 0.15) is 5.75 Å². The number of anilines is 1. The molecule has 0 unspecified atom stereocenters. The predicted molar refractivity (Wildman–Crippen MR) is 93.1 cm³/mol. The molecule has 25 heavy (non-hydrogen) atoms. The van der Waals surface area contributed by atoms with Crippen LogP contribution in [0, 0.1) is 18.8 Å². The van der Waals surface area contributed by atoms with E-state index in [1.165, 1.54) is 12.0 Å². The third kappa shape index (κ3) is 3.43. The smallest absolute Gasteiger partial charge is 0.233 e. The number of carbonyl (C=O) groups excluding carboxylic acids is 3. The molecule has 0 radical (unpaired) electrons. The Morgan fingerprint density at radius 3 is 2.44 bits per heavy atom. The number of imide groups is 1. The maximum atomic E-state index is 12.4. The molecule has 2 atom stereocenters. The molecule has 0 aromatic heterocycles. The average molecular weight is 342 g/mol. The molecule has 1 aromatic carbocycles. The summed E-state index contributed by atoms with van der Waals surface area (Å²) in [6.45, 7) is 2.04. The van der Waals surface area contributed by atoms with Gasteiger partial charge in [0.25, 0.3) is 0 Å². The molecule has 1 N–H and O–H groups in total. The standard InChI is InChI=1S/C19H22N2O4/c1-12-7-8-16(25-2)15(11-12)20-17(22)9-10-21-18(23)13-5-3-4-6-14(13)19(21)24/h3-4,7-8,11,13-14H,5-6,9-10H2,1-2H3,(H,20,22)/t13-,14-/m1/s1. The number of benzene rings is 1. The highest BCUT2D eigenvalue weighted by Crippen LogP contribution is 2.35. The van der Waals surface area contributed by atoms with E-state index in [2.05, 4.69) is 5.32 Å². The van der Waals surface area contributed by atoms with E-state index in [-0.39, 0.29) is 42.5 Å². The van der Waals surface area contributed by atoms with E-state index in [1.807, 2.05) is 31.2 Å². The van der Waals surface area contributed by atoms with Gasteiger partial charge in [-0.3, -0.25) is 19.3 Å². The number of aryl methyl sites for hydroxylation is 1. The second-order valence-electron chi connectivity index (χ2n) is 6.49. The second kappa shape index (κ2) is 7.09. The van der Waals surface area contributed by atoms with Gasteiger partial charge in [0.15, 0.2) is 0 Å². The number of rotatable bonds is 5. The number of fused-ring (bicyclic) bond motifs is 1. The highest BCUT2D eigenvalue weighted by molar-refractivity contribution is 6.05. The summed E-state index contributed by atoms with van der Waals surface area (Å²) in [6, 6.07) is 5.51. The minimum Gasteiger partial charge on any atom is -0.495 e. The van der Waals surface area contributed by atoms with E-state index >= 15 is 0 Å². The lowest BCUT2D eigenvalue weighted by Crippen LogP contribution is -2.34. The number of allylic oxidation sites excluding steroid dienone is 2. The van der Waals surface area contributed by atoms with Gasteiger partial charge < -0.3 is 10.1 Å². The Balaban J connectivity index is 1.60. The second-order valence-corrected chi connectivity index (χ2v) is 6.49. The SMILES string of the molecule is COc1ccc(C)cc1NC(=O)CCN1C(=O)[C@@H]2CC=CC[C@H]2C1=O. The zero-order valence-corrected chi connectivity index (χ0v) is 14.5. The number of hydrogen-bond acceptors (Lipinski definition) is 4. The van der Waals surface area contributed by atoms with Crippen LogP contribution in [0.4, 0.5) is 5.69 Å². The molecule has 2 aliphatic rings. The molecule has 6 heteroatoms. The molecule has 1 aliphatic heterocycles. The van der Waals surface area contributed by atoms with Crippen molar-refractivity contribution >= 4 is 23.4 Å². The minimum absolute atomic E-state index is 0.0709. The molecular formula is C19H22N2O4. The maximum absolute atomic E-state index is 12.4. The van der Waals surface area contributed by atoms with Gasteiger partial charge in [0, 0.05) is 13.0 Å². The number of nitrogens with one attached hydrogen (secondary N) is 1. The van der Waals surface area contributed by atoms with E-state index in [0.29, 0.717) is 24.3 Å². The fraction of sp³-hybridized carbons (Fsp3) is 0.421. The third-order valence-corrected chi connectivity index (χ3v) is 4.79. The number of carbonyl (C=O) groups is 3. The summed E-state index contributed by atoms with van der Waals surface area (Å²) < 4.78 is 5.24. The van der Waals surface area contributed by atoms with Crippen molar-refractivity contribution < 1.29 is 19.1 Å². The van der Waals surface area contributed by atoms with Crippen LogP contribution in [0.5, 0.6) is 5.75 Å². The van der Waals surface area contributed by atoms with Crippen molar-refractivity contribution in [2.75, 3.05) is 19.0 Å². The lowest BCUT2D eigenvalue weighted by atomic mass is 9.85.